The Bertz CT molecular complexity index is 520. The largest absolute Gasteiger partial charge is 0.324 e. The van der Waals surface area contributed by atoms with Crippen LogP contribution in [0.1, 0.15) is 17.0 Å². The summed E-state index contributed by atoms with van der Waals surface area (Å²) in [5.41, 5.74) is 2.40. The minimum Gasteiger partial charge on any atom is -0.324 e. The predicted octanol–water partition coefficient (Wildman–Crippen LogP) is 0.650. The van der Waals surface area contributed by atoms with E-state index in [2.05, 4.69) is 17.5 Å². The second kappa shape index (κ2) is 4.43. The zero-order chi connectivity index (χ0) is 12.5. The van der Waals surface area contributed by atoms with Gasteiger partial charge in [-0.25, -0.2) is 0 Å². The average Bonchev–Trinajstić information content (AvgIpc) is 2.40. The van der Waals surface area contributed by atoms with Gasteiger partial charge in [0.1, 0.15) is 6.04 Å². The van der Waals surface area contributed by atoms with Gasteiger partial charge in [-0.15, -0.1) is 0 Å². The Morgan fingerprint density at radius 2 is 2.28 bits per heavy atom. The van der Waals surface area contributed by atoms with Gasteiger partial charge in [0.25, 0.3) is 0 Å². The number of hydrogen-bond acceptors (Lipinski definition) is 3. The van der Waals surface area contributed by atoms with Crippen molar-refractivity contribution in [2.75, 3.05) is 19.6 Å². The van der Waals surface area contributed by atoms with Crippen molar-refractivity contribution in [1.29, 1.82) is 5.26 Å². The monoisotopic (exact) mass is 241 g/mol. The van der Waals surface area contributed by atoms with E-state index in [4.69, 9.17) is 5.26 Å². The molecule has 2 atom stereocenters. The summed E-state index contributed by atoms with van der Waals surface area (Å²) in [5, 5.41) is 12.2. The van der Waals surface area contributed by atoms with Crippen LogP contribution in [0.2, 0.25) is 0 Å². The van der Waals surface area contributed by atoms with E-state index < -0.39 is 0 Å². The van der Waals surface area contributed by atoms with Crippen LogP contribution in [0.3, 0.4) is 0 Å². The molecule has 4 heteroatoms. The molecule has 1 N–H and O–H groups in total. The standard InChI is InChI=1S/C14H15N3O/c15-8-11-9-16-5-6-17(11)14(18)13-7-10-3-1-2-4-12(10)13/h1-4,11,13,16H,5-7,9H2. The third-order valence-corrected chi connectivity index (χ3v) is 3.83. The van der Waals surface area contributed by atoms with Gasteiger partial charge in [-0.3, -0.25) is 4.79 Å². The molecule has 1 fully saturated rings. The van der Waals surface area contributed by atoms with E-state index in [1.165, 1.54) is 5.56 Å². The van der Waals surface area contributed by atoms with Crippen LogP contribution in [0.4, 0.5) is 0 Å². The molecule has 2 aliphatic rings. The van der Waals surface area contributed by atoms with Gasteiger partial charge in [0.2, 0.25) is 5.91 Å². The summed E-state index contributed by atoms with van der Waals surface area (Å²) in [6.45, 7) is 1.99. The molecule has 1 heterocycles. The maximum atomic E-state index is 12.5. The van der Waals surface area contributed by atoms with Gasteiger partial charge >= 0.3 is 0 Å². The fourth-order valence-corrected chi connectivity index (χ4v) is 2.76. The molecule has 1 saturated heterocycles. The van der Waals surface area contributed by atoms with Crippen molar-refractivity contribution in [3.05, 3.63) is 35.4 Å². The molecule has 4 nitrogen and oxygen atoms in total. The lowest BCUT2D eigenvalue weighted by Crippen LogP contribution is -2.55. The van der Waals surface area contributed by atoms with E-state index in [1.807, 2.05) is 18.2 Å². The van der Waals surface area contributed by atoms with Crippen LogP contribution in [-0.2, 0) is 11.2 Å². The first-order chi connectivity index (χ1) is 8.81. The molecule has 2 unspecified atom stereocenters. The molecule has 1 amide bonds. The van der Waals surface area contributed by atoms with Crippen LogP contribution in [0.25, 0.3) is 0 Å². The Morgan fingerprint density at radius 1 is 1.44 bits per heavy atom. The summed E-state index contributed by atoms with van der Waals surface area (Å²) >= 11 is 0. The first kappa shape index (κ1) is 11.2. The fourth-order valence-electron chi connectivity index (χ4n) is 2.76. The zero-order valence-corrected chi connectivity index (χ0v) is 10.1. The van der Waals surface area contributed by atoms with Crippen molar-refractivity contribution in [2.45, 2.75) is 18.4 Å². The van der Waals surface area contributed by atoms with Crippen molar-refractivity contribution in [1.82, 2.24) is 10.2 Å². The summed E-state index contributed by atoms with van der Waals surface area (Å²) in [7, 11) is 0. The number of nitrogens with one attached hydrogen (secondary N) is 1. The highest BCUT2D eigenvalue weighted by Crippen LogP contribution is 2.36. The van der Waals surface area contributed by atoms with Crippen LogP contribution >= 0.6 is 0 Å². The molecule has 92 valence electrons. The predicted molar refractivity (Wildman–Crippen MR) is 66.9 cm³/mol. The molecule has 1 aromatic carbocycles. The highest BCUT2D eigenvalue weighted by Gasteiger charge is 2.37. The number of nitrogens with zero attached hydrogens (tertiary/aromatic N) is 2. The molecule has 0 spiro atoms. The quantitative estimate of drug-likeness (QED) is 0.785. The van der Waals surface area contributed by atoms with Crippen molar-refractivity contribution in [3.63, 3.8) is 0 Å². The second-order valence-electron chi connectivity index (χ2n) is 4.84. The molecular formula is C14H15N3O. The SMILES string of the molecule is N#CC1CNCCN1C(=O)C1Cc2ccccc21. The lowest BCUT2D eigenvalue weighted by molar-refractivity contribution is -0.135. The first-order valence-corrected chi connectivity index (χ1v) is 6.30. The van der Waals surface area contributed by atoms with E-state index in [0.717, 1.165) is 18.5 Å². The van der Waals surface area contributed by atoms with Gasteiger partial charge in [-0.05, 0) is 17.5 Å². The maximum Gasteiger partial charge on any atom is 0.231 e. The van der Waals surface area contributed by atoms with Gasteiger partial charge in [0, 0.05) is 19.6 Å². The van der Waals surface area contributed by atoms with Gasteiger partial charge in [-0.2, -0.15) is 5.26 Å². The van der Waals surface area contributed by atoms with Gasteiger partial charge in [0.15, 0.2) is 0 Å². The van der Waals surface area contributed by atoms with Gasteiger partial charge in [-0.1, -0.05) is 24.3 Å². The second-order valence-corrected chi connectivity index (χ2v) is 4.84. The van der Waals surface area contributed by atoms with E-state index >= 15 is 0 Å². The molecule has 0 radical (unpaired) electrons. The Hall–Kier alpha value is -1.86. The molecule has 0 saturated carbocycles. The van der Waals surface area contributed by atoms with Crippen LogP contribution < -0.4 is 5.32 Å². The minimum absolute atomic E-state index is 0.0323. The Balaban J connectivity index is 1.78. The van der Waals surface area contributed by atoms with Crippen molar-refractivity contribution in [2.24, 2.45) is 0 Å². The van der Waals surface area contributed by atoms with Gasteiger partial charge < -0.3 is 10.2 Å². The topological polar surface area (TPSA) is 56.1 Å². The van der Waals surface area contributed by atoms with Gasteiger partial charge in [0.05, 0.1) is 12.0 Å². The number of rotatable bonds is 1. The smallest absolute Gasteiger partial charge is 0.231 e. The van der Waals surface area contributed by atoms with Crippen LogP contribution in [0.5, 0.6) is 0 Å². The molecular weight excluding hydrogens is 226 g/mol. The normalized spacial score (nSPS) is 25.8. The Morgan fingerprint density at radius 3 is 3.06 bits per heavy atom. The molecule has 1 aliphatic carbocycles. The number of nitriles is 1. The molecule has 0 aromatic heterocycles. The molecule has 1 aromatic rings. The van der Waals surface area contributed by atoms with E-state index in [1.54, 1.807) is 4.90 Å². The number of carbonyl (C=O) groups excluding carboxylic acids is 1. The fraction of sp³-hybridized carbons (Fsp3) is 0.429. The summed E-state index contributed by atoms with van der Waals surface area (Å²) in [6.07, 6.45) is 0.817. The molecule has 3 rings (SSSR count). The van der Waals surface area contributed by atoms with Crippen LogP contribution in [0.15, 0.2) is 24.3 Å². The van der Waals surface area contributed by atoms with Crippen molar-refractivity contribution >= 4 is 5.91 Å². The third-order valence-electron chi connectivity index (χ3n) is 3.83. The lowest BCUT2D eigenvalue weighted by atomic mass is 9.76. The Kier molecular flexibility index (Phi) is 2.77. The Labute approximate surface area is 106 Å². The highest BCUT2D eigenvalue weighted by molar-refractivity contribution is 5.87. The molecule has 18 heavy (non-hydrogen) atoms. The number of carbonyl (C=O) groups is 1. The van der Waals surface area contributed by atoms with Crippen LogP contribution in [0, 0.1) is 11.3 Å². The maximum absolute atomic E-state index is 12.5. The van der Waals surface area contributed by atoms with Crippen molar-refractivity contribution in [3.8, 4) is 6.07 Å². The average molecular weight is 241 g/mol. The summed E-state index contributed by atoms with van der Waals surface area (Å²) in [4.78, 5) is 14.2. The van der Waals surface area contributed by atoms with Crippen molar-refractivity contribution < 1.29 is 4.79 Å². The zero-order valence-electron chi connectivity index (χ0n) is 10.1. The highest BCUT2D eigenvalue weighted by atomic mass is 16.2. The number of piperazine rings is 1. The summed E-state index contributed by atoms with van der Waals surface area (Å²) < 4.78 is 0. The van der Waals surface area contributed by atoms with E-state index in [9.17, 15) is 4.79 Å². The van der Waals surface area contributed by atoms with E-state index in [0.29, 0.717) is 13.1 Å². The molecule has 0 bridgehead atoms. The van der Waals surface area contributed by atoms with E-state index in [-0.39, 0.29) is 17.9 Å². The number of amides is 1. The summed E-state index contributed by atoms with van der Waals surface area (Å²) in [5.74, 6) is 0.0805. The summed E-state index contributed by atoms with van der Waals surface area (Å²) in [6, 6.07) is 9.94. The lowest BCUT2D eigenvalue weighted by Gasteiger charge is -2.38. The number of hydrogen-bond donors (Lipinski definition) is 1. The number of fused-ring (bicyclic) bond motifs is 1. The minimum atomic E-state index is -0.320. The number of benzene rings is 1. The first-order valence-electron chi connectivity index (χ1n) is 6.30. The molecule has 1 aliphatic heterocycles. The third kappa shape index (κ3) is 1.68. The van der Waals surface area contributed by atoms with Crippen LogP contribution in [-0.4, -0.2) is 36.5 Å².